The summed E-state index contributed by atoms with van der Waals surface area (Å²) in [6.07, 6.45) is 2.21. The summed E-state index contributed by atoms with van der Waals surface area (Å²) in [7, 11) is 0. The number of hydrogen-bond donors (Lipinski definition) is 3. The Kier molecular flexibility index (Phi) is 6.20. The van der Waals surface area contributed by atoms with Gasteiger partial charge in [0.25, 0.3) is 0 Å². The summed E-state index contributed by atoms with van der Waals surface area (Å²) in [5, 5.41) is 9.40. The molecule has 6 heteroatoms. The first-order valence-corrected chi connectivity index (χ1v) is 8.79. The maximum Gasteiger partial charge on any atom is 0.222 e. The van der Waals surface area contributed by atoms with Crippen LogP contribution in [0.1, 0.15) is 24.8 Å². The number of aliphatic hydroxyl groups excluding tert-OH is 1. The molecule has 0 aliphatic carbocycles. The van der Waals surface area contributed by atoms with Gasteiger partial charge in [0.05, 0.1) is 19.3 Å². The lowest BCUT2D eigenvalue weighted by molar-refractivity contribution is -0.133. The fourth-order valence-corrected chi connectivity index (χ4v) is 3.55. The van der Waals surface area contributed by atoms with Crippen molar-refractivity contribution in [3.05, 3.63) is 35.9 Å². The van der Waals surface area contributed by atoms with Crippen LogP contribution in [-0.4, -0.2) is 54.3 Å². The molecule has 2 saturated heterocycles. The SMILES string of the molecule is O=C(CCCOCc1ccccc1)N1CCC2NNC(CO)C2C1. The molecule has 0 aromatic heterocycles. The number of amides is 1. The number of carbonyl (C=O) groups is 1. The van der Waals surface area contributed by atoms with Crippen molar-refractivity contribution in [2.75, 3.05) is 26.3 Å². The number of likely N-dealkylation sites (tertiary alicyclic amines) is 1. The predicted molar refractivity (Wildman–Crippen MR) is 91.0 cm³/mol. The summed E-state index contributed by atoms with van der Waals surface area (Å²) in [4.78, 5) is 14.3. The van der Waals surface area contributed by atoms with Crippen molar-refractivity contribution in [3.63, 3.8) is 0 Å². The van der Waals surface area contributed by atoms with E-state index in [1.165, 1.54) is 0 Å². The number of nitrogens with zero attached hydrogens (tertiary/aromatic N) is 1. The van der Waals surface area contributed by atoms with E-state index >= 15 is 0 Å². The molecule has 3 unspecified atom stereocenters. The second kappa shape index (κ2) is 8.58. The van der Waals surface area contributed by atoms with Gasteiger partial charge in [-0.05, 0) is 18.4 Å². The molecule has 2 aliphatic rings. The van der Waals surface area contributed by atoms with Gasteiger partial charge in [0, 0.05) is 38.1 Å². The van der Waals surface area contributed by atoms with Crippen LogP contribution in [-0.2, 0) is 16.1 Å². The topological polar surface area (TPSA) is 73.8 Å². The highest BCUT2D eigenvalue weighted by molar-refractivity contribution is 5.76. The highest BCUT2D eigenvalue weighted by atomic mass is 16.5. The third-order valence-electron chi connectivity index (χ3n) is 4.97. The van der Waals surface area contributed by atoms with Gasteiger partial charge >= 0.3 is 0 Å². The van der Waals surface area contributed by atoms with Gasteiger partial charge in [0.1, 0.15) is 0 Å². The van der Waals surface area contributed by atoms with E-state index in [1.54, 1.807) is 0 Å². The van der Waals surface area contributed by atoms with Gasteiger partial charge in [0.15, 0.2) is 0 Å². The van der Waals surface area contributed by atoms with Crippen LogP contribution in [0.2, 0.25) is 0 Å². The lowest BCUT2D eigenvalue weighted by atomic mass is 9.88. The van der Waals surface area contributed by atoms with E-state index in [2.05, 4.69) is 10.9 Å². The molecule has 1 amide bonds. The first-order valence-electron chi connectivity index (χ1n) is 8.79. The van der Waals surface area contributed by atoms with Gasteiger partial charge in [-0.1, -0.05) is 30.3 Å². The average Bonchev–Trinajstić information content (AvgIpc) is 3.04. The van der Waals surface area contributed by atoms with Crippen LogP contribution in [0.5, 0.6) is 0 Å². The molecule has 132 valence electrons. The standard InChI is InChI=1S/C18H27N3O3/c22-12-17-15-11-21(9-8-16(15)19-20-17)18(23)7-4-10-24-13-14-5-2-1-3-6-14/h1-3,5-6,15-17,19-20,22H,4,7-13H2. The zero-order chi connectivity index (χ0) is 16.8. The second-order valence-corrected chi connectivity index (χ2v) is 6.62. The van der Waals surface area contributed by atoms with E-state index in [-0.39, 0.29) is 18.6 Å². The van der Waals surface area contributed by atoms with E-state index in [4.69, 9.17) is 4.74 Å². The number of hydrazine groups is 1. The van der Waals surface area contributed by atoms with Gasteiger partial charge in [-0.3, -0.25) is 15.6 Å². The minimum atomic E-state index is 0.0415. The van der Waals surface area contributed by atoms with E-state index < -0.39 is 0 Å². The molecule has 24 heavy (non-hydrogen) atoms. The van der Waals surface area contributed by atoms with Crippen LogP contribution in [0.4, 0.5) is 0 Å². The Morgan fingerprint density at radius 1 is 1.29 bits per heavy atom. The van der Waals surface area contributed by atoms with E-state index in [9.17, 15) is 9.90 Å². The molecule has 3 N–H and O–H groups in total. The maximum absolute atomic E-state index is 12.4. The highest BCUT2D eigenvalue weighted by Gasteiger charge is 2.40. The van der Waals surface area contributed by atoms with Crippen LogP contribution in [0.15, 0.2) is 30.3 Å². The minimum absolute atomic E-state index is 0.0415. The van der Waals surface area contributed by atoms with Crippen molar-refractivity contribution in [1.82, 2.24) is 15.8 Å². The van der Waals surface area contributed by atoms with E-state index in [0.29, 0.717) is 31.6 Å². The van der Waals surface area contributed by atoms with Crippen LogP contribution < -0.4 is 10.9 Å². The van der Waals surface area contributed by atoms with Crippen LogP contribution in [0.3, 0.4) is 0 Å². The van der Waals surface area contributed by atoms with Crippen LogP contribution in [0, 0.1) is 5.92 Å². The van der Waals surface area contributed by atoms with Gasteiger partial charge in [-0.25, -0.2) is 0 Å². The van der Waals surface area contributed by atoms with Gasteiger partial charge in [-0.2, -0.15) is 0 Å². The number of fused-ring (bicyclic) bond motifs is 1. The van der Waals surface area contributed by atoms with E-state index in [1.807, 2.05) is 35.2 Å². The summed E-state index contributed by atoms with van der Waals surface area (Å²) < 4.78 is 5.64. The lowest BCUT2D eigenvalue weighted by Gasteiger charge is -2.35. The lowest BCUT2D eigenvalue weighted by Crippen LogP contribution is -2.49. The number of piperidine rings is 1. The summed E-state index contributed by atoms with van der Waals surface area (Å²) in [5.41, 5.74) is 7.51. The zero-order valence-corrected chi connectivity index (χ0v) is 14.0. The Bertz CT molecular complexity index is 520. The summed E-state index contributed by atoms with van der Waals surface area (Å²) in [6, 6.07) is 10.5. The Labute approximate surface area is 143 Å². The molecule has 0 saturated carbocycles. The van der Waals surface area contributed by atoms with Gasteiger partial charge in [-0.15, -0.1) is 0 Å². The molecule has 3 atom stereocenters. The smallest absolute Gasteiger partial charge is 0.222 e. The number of benzene rings is 1. The Morgan fingerprint density at radius 2 is 2.12 bits per heavy atom. The molecule has 3 rings (SSSR count). The molecular weight excluding hydrogens is 306 g/mol. The van der Waals surface area contributed by atoms with Gasteiger partial charge in [0.2, 0.25) is 5.91 Å². The number of nitrogens with one attached hydrogen (secondary N) is 2. The summed E-state index contributed by atoms with van der Waals surface area (Å²) >= 11 is 0. The maximum atomic E-state index is 12.4. The quantitative estimate of drug-likeness (QED) is 0.640. The molecule has 1 aromatic rings. The molecule has 0 radical (unpaired) electrons. The van der Waals surface area contributed by atoms with Crippen molar-refractivity contribution in [2.45, 2.75) is 38.0 Å². The largest absolute Gasteiger partial charge is 0.395 e. The Balaban J connectivity index is 1.35. The van der Waals surface area contributed by atoms with Crippen molar-refractivity contribution in [1.29, 1.82) is 0 Å². The third-order valence-corrected chi connectivity index (χ3v) is 4.97. The summed E-state index contributed by atoms with van der Waals surface area (Å²) in [5.74, 6) is 0.488. The highest BCUT2D eigenvalue weighted by Crippen LogP contribution is 2.24. The number of hydrogen-bond acceptors (Lipinski definition) is 5. The molecule has 2 aliphatic heterocycles. The number of carbonyl (C=O) groups excluding carboxylic acids is 1. The molecule has 2 heterocycles. The fourth-order valence-electron chi connectivity index (χ4n) is 3.55. The molecular formula is C18H27N3O3. The Hall–Kier alpha value is -1.47. The number of rotatable bonds is 7. The van der Waals surface area contributed by atoms with Crippen molar-refractivity contribution >= 4 is 5.91 Å². The molecule has 1 aromatic carbocycles. The predicted octanol–water partition coefficient (Wildman–Crippen LogP) is 0.669. The van der Waals surface area contributed by atoms with E-state index in [0.717, 1.165) is 31.5 Å². The molecule has 6 nitrogen and oxygen atoms in total. The average molecular weight is 333 g/mol. The minimum Gasteiger partial charge on any atom is -0.395 e. The molecule has 2 fully saturated rings. The first-order chi connectivity index (χ1) is 11.8. The van der Waals surface area contributed by atoms with Crippen molar-refractivity contribution in [2.24, 2.45) is 5.92 Å². The second-order valence-electron chi connectivity index (χ2n) is 6.62. The number of aliphatic hydroxyl groups is 1. The van der Waals surface area contributed by atoms with Crippen LogP contribution in [0.25, 0.3) is 0 Å². The zero-order valence-electron chi connectivity index (χ0n) is 14.0. The number of ether oxygens (including phenoxy) is 1. The fraction of sp³-hybridized carbons (Fsp3) is 0.611. The first kappa shape index (κ1) is 17.4. The summed E-state index contributed by atoms with van der Waals surface area (Å²) in [6.45, 7) is 2.81. The monoisotopic (exact) mass is 333 g/mol. The van der Waals surface area contributed by atoms with Crippen molar-refractivity contribution < 1.29 is 14.6 Å². The van der Waals surface area contributed by atoms with Crippen LogP contribution >= 0.6 is 0 Å². The molecule has 0 bridgehead atoms. The van der Waals surface area contributed by atoms with Gasteiger partial charge < -0.3 is 14.7 Å². The normalized spacial score (nSPS) is 26.4. The Morgan fingerprint density at radius 3 is 2.92 bits per heavy atom. The molecule has 0 spiro atoms. The van der Waals surface area contributed by atoms with Crippen molar-refractivity contribution in [3.8, 4) is 0 Å². The third kappa shape index (κ3) is 4.33.